The molecule has 2 aromatic carbocycles. The van der Waals surface area contributed by atoms with E-state index in [2.05, 4.69) is 15.9 Å². The SMILES string of the molecule is CC(N)C1CCCN(S(=O)(=O)c2ccc3cc(Br)ccc3c2)C1.Cl. The van der Waals surface area contributed by atoms with Gasteiger partial charge in [0.15, 0.2) is 0 Å². The van der Waals surface area contributed by atoms with Crippen molar-refractivity contribution in [1.82, 2.24) is 4.31 Å². The van der Waals surface area contributed by atoms with Gasteiger partial charge < -0.3 is 5.73 Å². The zero-order valence-electron chi connectivity index (χ0n) is 13.5. The minimum Gasteiger partial charge on any atom is -0.328 e. The molecule has 1 saturated heterocycles. The van der Waals surface area contributed by atoms with Crippen molar-refractivity contribution in [3.05, 3.63) is 40.9 Å². The third-order valence-electron chi connectivity index (χ3n) is 4.58. The van der Waals surface area contributed by atoms with Crippen molar-refractivity contribution in [3.63, 3.8) is 0 Å². The highest BCUT2D eigenvalue weighted by molar-refractivity contribution is 9.10. The van der Waals surface area contributed by atoms with Crippen LogP contribution in [0.1, 0.15) is 19.8 Å². The van der Waals surface area contributed by atoms with Gasteiger partial charge in [-0.1, -0.05) is 28.1 Å². The van der Waals surface area contributed by atoms with Crippen LogP contribution in [-0.2, 0) is 10.0 Å². The van der Waals surface area contributed by atoms with Gasteiger partial charge in [-0.2, -0.15) is 4.31 Å². The predicted octanol–water partition coefficient (Wildman–Crippen LogP) is 3.77. The number of halogens is 2. The molecule has 0 radical (unpaired) electrons. The molecule has 0 amide bonds. The Bertz CT molecular complexity index is 826. The number of hydrogen-bond donors (Lipinski definition) is 1. The van der Waals surface area contributed by atoms with Crippen LogP contribution in [0, 0.1) is 5.92 Å². The molecule has 2 aromatic rings. The van der Waals surface area contributed by atoms with Gasteiger partial charge in [0.25, 0.3) is 0 Å². The molecule has 2 atom stereocenters. The van der Waals surface area contributed by atoms with E-state index in [9.17, 15) is 8.42 Å². The van der Waals surface area contributed by atoms with Crippen LogP contribution in [0.25, 0.3) is 10.8 Å². The van der Waals surface area contributed by atoms with Crippen molar-refractivity contribution in [1.29, 1.82) is 0 Å². The molecular weight excluding hydrogens is 412 g/mol. The lowest BCUT2D eigenvalue weighted by Gasteiger charge is -2.33. The van der Waals surface area contributed by atoms with Crippen LogP contribution >= 0.6 is 28.3 Å². The summed E-state index contributed by atoms with van der Waals surface area (Å²) < 4.78 is 28.5. The van der Waals surface area contributed by atoms with Crippen LogP contribution < -0.4 is 5.73 Å². The van der Waals surface area contributed by atoms with Crippen LogP contribution in [0.3, 0.4) is 0 Å². The molecule has 7 heteroatoms. The first-order chi connectivity index (χ1) is 10.9. The van der Waals surface area contributed by atoms with Gasteiger partial charge in [0.05, 0.1) is 4.90 Å². The first kappa shape index (κ1) is 19.7. The number of nitrogens with two attached hydrogens (primary N) is 1. The van der Waals surface area contributed by atoms with E-state index in [1.54, 1.807) is 16.4 Å². The summed E-state index contributed by atoms with van der Waals surface area (Å²) >= 11 is 3.43. The maximum absolute atomic E-state index is 12.9. The number of hydrogen-bond acceptors (Lipinski definition) is 3. The van der Waals surface area contributed by atoms with Crippen LogP contribution in [0.2, 0.25) is 0 Å². The van der Waals surface area contributed by atoms with Gasteiger partial charge in [0.1, 0.15) is 0 Å². The summed E-state index contributed by atoms with van der Waals surface area (Å²) in [5, 5.41) is 1.94. The first-order valence-corrected chi connectivity index (χ1v) is 10.1. The number of rotatable bonds is 3. The molecule has 132 valence electrons. The van der Waals surface area contributed by atoms with Crippen molar-refractivity contribution < 1.29 is 8.42 Å². The molecule has 1 aliphatic rings. The molecule has 1 fully saturated rings. The van der Waals surface area contributed by atoms with E-state index in [0.717, 1.165) is 28.1 Å². The Hall–Kier alpha value is -0.660. The molecule has 2 N–H and O–H groups in total. The number of sulfonamides is 1. The number of benzene rings is 2. The van der Waals surface area contributed by atoms with E-state index in [0.29, 0.717) is 18.0 Å². The van der Waals surface area contributed by atoms with Crippen molar-refractivity contribution in [2.75, 3.05) is 13.1 Å². The van der Waals surface area contributed by atoms with Gasteiger partial charge in [0.2, 0.25) is 10.0 Å². The lowest BCUT2D eigenvalue weighted by Crippen LogP contribution is -2.44. The van der Waals surface area contributed by atoms with Crippen LogP contribution in [-0.4, -0.2) is 31.9 Å². The smallest absolute Gasteiger partial charge is 0.243 e. The van der Waals surface area contributed by atoms with Crippen molar-refractivity contribution >= 4 is 49.1 Å². The molecule has 24 heavy (non-hydrogen) atoms. The molecule has 0 saturated carbocycles. The minimum atomic E-state index is -3.46. The summed E-state index contributed by atoms with van der Waals surface area (Å²) in [6.07, 6.45) is 1.86. The maximum Gasteiger partial charge on any atom is 0.243 e. The second-order valence-electron chi connectivity index (χ2n) is 6.28. The Morgan fingerprint density at radius 3 is 2.58 bits per heavy atom. The Labute approximate surface area is 158 Å². The highest BCUT2D eigenvalue weighted by Crippen LogP contribution is 2.28. The maximum atomic E-state index is 12.9. The third-order valence-corrected chi connectivity index (χ3v) is 6.93. The normalized spacial score (nSPS) is 20.5. The monoisotopic (exact) mass is 432 g/mol. The van der Waals surface area contributed by atoms with Gasteiger partial charge >= 0.3 is 0 Å². The first-order valence-electron chi connectivity index (χ1n) is 7.83. The average Bonchev–Trinajstić information content (AvgIpc) is 2.54. The van der Waals surface area contributed by atoms with E-state index in [-0.39, 0.29) is 24.4 Å². The van der Waals surface area contributed by atoms with E-state index in [1.165, 1.54) is 0 Å². The Kier molecular flexibility index (Phi) is 6.31. The van der Waals surface area contributed by atoms with Gasteiger partial charge in [-0.05, 0) is 60.7 Å². The molecular formula is C17H22BrClN2O2S. The minimum absolute atomic E-state index is 0. The van der Waals surface area contributed by atoms with Crippen molar-refractivity contribution in [2.45, 2.75) is 30.7 Å². The summed E-state index contributed by atoms with van der Waals surface area (Å²) in [5.74, 6) is 0.231. The summed E-state index contributed by atoms with van der Waals surface area (Å²) in [4.78, 5) is 0.359. The zero-order chi connectivity index (χ0) is 16.6. The topological polar surface area (TPSA) is 63.4 Å². The fourth-order valence-corrected chi connectivity index (χ4v) is 5.08. The molecule has 0 aliphatic carbocycles. The van der Waals surface area contributed by atoms with Crippen molar-refractivity contribution in [3.8, 4) is 0 Å². The third kappa shape index (κ3) is 3.94. The fraction of sp³-hybridized carbons (Fsp3) is 0.412. The van der Waals surface area contributed by atoms with E-state index >= 15 is 0 Å². The Balaban J connectivity index is 0.00000208. The standard InChI is InChI=1S/C17H21BrN2O2S.ClH/c1-12(19)15-3-2-8-20(11-15)23(21,22)17-7-5-13-9-16(18)6-4-14(13)10-17;/h4-7,9-10,12,15H,2-3,8,11,19H2,1H3;1H. The Morgan fingerprint density at radius 2 is 1.88 bits per heavy atom. The van der Waals surface area contributed by atoms with Crippen LogP contribution in [0.15, 0.2) is 45.8 Å². The van der Waals surface area contributed by atoms with Gasteiger partial charge in [-0.15, -0.1) is 12.4 Å². The van der Waals surface area contributed by atoms with Gasteiger partial charge in [-0.3, -0.25) is 0 Å². The highest BCUT2D eigenvalue weighted by atomic mass is 79.9. The molecule has 0 bridgehead atoms. The largest absolute Gasteiger partial charge is 0.328 e. The zero-order valence-corrected chi connectivity index (χ0v) is 16.7. The lowest BCUT2D eigenvalue weighted by atomic mass is 9.93. The quantitative estimate of drug-likeness (QED) is 0.801. The second-order valence-corrected chi connectivity index (χ2v) is 9.13. The molecule has 0 spiro atoms. The molecule has 4 nitrogen and oxygen atoms in total. The van der Waals surface area contributed by atoms with E-state index in [4.69, 9.17) is 5.73 Å². The summed E-state index contributed by atoms with van der Waals surface area (Å²) in [6.45, 7) is 3.04. The molecule has 1 heterocycles. The van der Waals surface area contributed by atoms with Crippen molar-refractivity contribution in [2.24, 2.45) is 11.7 Å². The van der Waals surface area contributed by atoms with E-state index < -0.39 is 10.0 Å². The fourth-order valence-electron chi connectivity index (χ4n) is 3.13. The molecule has 2 unspecified atom stereocenters. The Morgan fingerprint density at radius 1 is 1.21 bits per heavy atom. The summed E-state index contributed by atoms with van der Waals surface area (Å²) in [5.41, 5.74) is 5.97. The molecule has 3 rings (SSSR count). The second kappa shape index (κ2) is 7.70. The van der Waals surface area contributed by atoms with Gasteiger partial charge in [-0.25, -0.2) is 8.42 Å². The number of fused-ring (bicyclic) bond motifs is 1. The number of piperidine rings is 1. The van der Waals surface area contributed by atoms with E-state index in [1.807, 2.05) is 31.2 Å². The van der Waals surface area contributed by atoms with Crippen LogP contribution in [0.4, 0.5) is 0 Å². The predicted molar refractivity (Wildman–Crippen MR) is 104 cm³/mol. The highest BCUT2D eigenvalue weighted by Gasteiger charge is 2.31. The average molecular weight is 434 g/mol. The summed E-state index contributed by atoms with van der Waals surface area (Å²) in [7, 11) is -3.46. The lowest BCUT2D eigenvalue weighted by molar-refractivity contribution is 0.243. The molecule has 1 aliphatic heterocycles. The summed E-state index contributed by atoms with van der Waals surface area (Å²) in [6, 6.07) is 11.2. The number of nitrogens with zero attached hydrogens (tertiary/aromatic N) is 1. The molecule has 0 aromatic heterocycles. The van der Waals surface area contributed by atoms with Gasteiger partial charge in [0, 0.05) is 23.6 Å². The van der Waals surface area contributed by atoms with Crippen LogP contribution in [0.5, 0.6) is 0 Å².